The Hall–Kier alpha value is -1.81. The van der Waals surface area contributed by atoms with E-state index >= 15 is 0 Å². The number of rotatable bonds is 4. The van der Waals surface area contributed by atoms with Crippen LogP contribution in [-0.2, 0) is 0 Å². The summed E-state index contributed by atoms with van der Waals surface area (Å²) in [4.78, 5) is 2.12. The van der Waals surface area contributed by atoms with Crippen molar-refractivity contribution >= 4 is 23.1 Å². The molecule has 2 aromatic rings. The maximum atomic E-state index is 6.02. The number of nitrogens with two attached hydrogens (primary N) is 2. The van der Waals surface area contributed by atoms with E-state index in [2.05, 4.69) is 19.9 Å². The van der Waals surface area contributed by atoms with Crippen molar-refractivity contribution in [1.29, 1.82) is 0 Å². The van der Waals surface area contributed by atoms with Crippen molar-refractivity contribution in [3.8, 4) is 5.75 Å². The predicted octanol–water partition coefficient (Wildman–Crippen LogP) is 4.13. The third-order valence-electron chi connectivity index (χ3n) is 3.13. The number of ether oxygens (including phenoxy) is 1. The summed E-state index contributed by atoms with van der Waals surface area (Å²) in [6.07, 6.45) is 0. The van der Waals surface area contributed by atoms with Crippen molar-refractivity contribution < 1.29 is 4.74 Å². The van der Waals surface area contributed by atoms with Crippen LogP contribution < -0.4 is 16.2 Å². The molecule has 0 aliphatic heterocycles. The van der Waals surface area contributed by atoms with Crippen LogP contribution in [0.4, 0.5) is 11.4 Å². The molecule has 0 aliphatic rings. The summed E-state index contributed by atoms with van der Waals surface area (Å²) in [6, 6.07) is 11.8. The molecule has 20 heavy (non-hydrogen) atoms. The molecule has 0 aliphatic carbocycles. The summed E-state index contributed by atoms with van der Waals surface area (Å²) in [5, 5.41) is 0. The SMILES string of the molecule is COc1ccc(N)c(Sc2ccc(N)c(C(C)C)c2)c1. The second-order valence-corrected chi connectivity index (χ2v) is 6.07. The third-order valence-corrected chi connectivity index (χ3v) is 4.19. The lowest BCUT2D eigenvalue weighted by Gasteiger charge is -2.12. The van der Waals surface area contributed by atoms with Gasteiger partial charge in [-0.05, 0) is 47.9 Å². The largest absolute Gasteiger partial charge is 0.497 e. The summed E-state index contributed by atoms with van der Waals surface area (Å²) in [5.41, 5.74) is 14.8. The number of hydrogen-bond donors (Lipinski definition) is 2. The smallest absolute Gasteiger partial charge is 0.120 e. The fourth-order valence-electron chi connectivity index (χ4n) is 1.97. The standard InChI is InChI=1S/C16H20N2OS/c1-10(2)13-9-12(5-7-14(13)17)20-16-8-11(19-3)4-6-15(16)18/h4-10H,17-18H2,1-3H3. The second kappa shape index (κ2) is 6.09. The van der Waals surface area contributed by atoms with E-state index in [1.165, 1.54) is 0 Å². The van der Waals surface area contributed by atoms with Crippen molar-refractivity contribution in [3.05, 3.63) is 42.0 Å². The fourth-order valence-corrected chi connectivity index (χ4v) is 2.91. The highest BCUT2D eigenvalue weighted by atomic mass is 32.2. The summed E-state index contributed by atoms with van der Waals surface area (Å²) < 4.78 is 5.24. The molecule has 0 saturated heterocycles. The van der Waals surface area contributed by atoms with Crippen LogP contribution in [0.25, 0.3) is 0 Å². The molecule has 0 saturated carbocycles. The van der Waals surface area contributed by atoms with Gasteiger partial charge in [0, 0.05) is 21.2 Å². The number of benzene rings is 2. The van der Waals surface area contributed by atoms with Crippen LogP contribution in [0.3, 0.4) is 0 Å². The Bertz CT molecular complexity index is 611. The van der Waals surface area contributed by atoms with Gasteiger partial charge < -0.3 is 16.2 Å². The van der Waals surface area contributed by atoms with E-state index < -0.39 is 0 Å². The lowest BCUT2D eigenvalue weighted by Crippen LogP contribution is -1.96. The molecule has 0 atom stereocenters. The highest BCUT2D eigenvalue weighted by Crippen LogP contribution is 2.36. The normalized spacial score (nSPS) is 10.8. The van der Waals surface area contributed by atoms with Crippen molar-refractivity contribution in [2.45, 2.75) is 29.6 Å². The Kier molecular flexibility index (Phi) is 4.45. The van der Waals surface area contributed by atoms with Crippen LogP contribution in [0.5, 0.6) is 5.75 Å². The highest BCUT2D eigenvalue weighted by Gasteiger charge is 2.08. The van der Waals surface area contributed by atoms with Gasteiger partial charge in [0.15, 0.2) is 0 Å². The topological polar surface area (TPSA) is 61.3 Å². The minimum absolute atomic E-state index is 0.401. The molecule has 0 radical (unpaired) electrons. The molecule has 3 nitrogen and oxygen atoms in total. The molecule has 4 N–H and O–H groups in total. The predicted molar refractivity (Wildman–Crippen MR) is 86.5 cm³/mol. The zero-order valence-electron chi connectivity index (χ0n) is 12.0. The minimum atomic E-state index is 0.401. The Labute approximate surface area is 124 Å². The van der Waals surface area contributed by atoms with E-state index in [0.717, 1.165) is 32.5 Å². The minimum Gasteiger partial charge on any atom is -0.497 e. The summed E-state index contributed by atoms with van der Waals surface area (Å²) >= 11 is 1.62. The quantitative estimate of drug-likeness (QED) is 0.830. The molecule has 0 spiro atoms. The van der Waals surface area contributed by atoms with E-state index in [9.17, 15) is 0 Å². The van der Waals surface area contributed by atoms with Gasteiger partial charge in [-0.3, -0.25) is 0 Å². The van der Waals surface area contributed by atoms with Crippen molar-refractivity contribution in [2.24, 2.45) is 0 Å². The van der Waals surface area contributed by atoms with Gasteiger partial charge in [-0.2, -0.15) is 0 Å². The van der Waals surface area contributed by atoms with Gasteiger partial charge in [0.25, 0.3) is 0 Å². The molecule has 0 bridgehead atoms. The first-order chi connectivity index (χ1) is 9.51. The number of hydrogen-bond acceptors (Lipinski definition) is 4. The van der Waals surface area contributed by atoms with Gasteiger partial charge in [0.1, 0.15) is 5.75 Å². The Morgan fingerprint density at radius 1 is 1.00 bits per heavy atom. The molecule has 0 aromatic heterocycles. The Morgan fingerprint density at radius 2 is 1.70 bits per heavy atom. The molecular weight excluding hydrogens is 268 g/mol. The average Bonchev–Trinajstić information content (AvgIpc) is 2.43. The first-order valence-electron chi connectivity index (χ1n) is 6.52. The van der Waals surface area contributed by atoms with Crippen molar-refractivity contribution in [1.82, 2.24) is 0 Å². The van der Waals surface area contributed by atoms with Crippen LogP contribution in [-0.4, -0.2) is 7.11 Å². The van der Waals surface area contributed by atoms with Crippen LogP contribution in [0.15, 0.2) is 46.2 Å². The number of anilines is 2. The zero-order chi connectivity index (χ0) is 14.7. The van der Waals surface area contributed by atoms with Crippen LogP contribution in [0.1, 0.15) is 25.3 Å². The van der Waals surface area contributed by atoms with E-state index in [0.29, 0.717) is 5.92 Å². The monoisotopic (exact) mass is 288 g/mol. The molecule has 0 fully saturated rings. The van der Waals surface area contributed by atoms with Crippen LogP contribution >= 0.6 is 11.8 Å². The van der Waals surface area contributed by atoms with Crippen molar-refractivity contribution in [2.75, 3.05) is 18.6 Å². The lowest BCUT2D eigenvalue weighted by molar-refractivity contribution is 0.414. The Balaban J connectivity index is 2.32. The third kappa shape index (κ3) is 3.20. The molecule has 0 amide bonds. The maximum absolute atomic E-state index is 6.02. The molecule has 2 rings (SSSR count). The summed E-state index contributed by atoms with van der Waals surface area (Å²) in [6.45, 7) is 4.28. The van der Waals surface area contributed by atoms with E-state index in [1.54, 1.807) is 18.9 Å². The summed E-state index contributed by atoms with van der Waals surface area (Å²) in [7, 11) is 1.65. The maximum Gasteiger partial charge on any atom is 0.120 e. The van der Waals surface area contributed by atoms with Gasteiger partial charge in [0.2, 0.25) is 0 Å². The van der Waals surface area contributed by atoms with E-state index in [4.69, 9.17) is 16.2 Å². The zero-order valence-corrected chi connectivity index (χ0v) is 12.8. The van der Waals surface area contributed by atoms with Gasteiger partial charge in [-0.25, -0.2) is 0 Å². The van der Waals surface area contributed by atoms with Crippen molar-refractivity contribution in [3.63, 3.8) is 0 Å². The van der Waals surface area contributed by atoms with Gasteiger partial charge >= 0.3 is 0 Å². The molecule has 106 valence electrons. The molecule has 0 heterocycles. The van der Waals surface area contributed by atoms with Gasteiger partial charge in [-0.15, -0.1) is 0 Å². The highest BCUT2D eigenvalue weighted by molar-refractivity contribution is 7.99. The molecule has 2 aromatic carbocycles. The fraction of sp³-hybridized carbons (Fsp3) is 0.250. The number of methoxy groups -OCH3 is 1. The van der Waals surface area contributed by atoms with Crippen LogP contribution in [0, 0.1) is 0 Å². The van der Waals surface area contributed by atoms with E-state index in [1.807, 2.05) is 30.3 Å². The average molecular weight is 288 g/mol. The molecule has 4 heteroatoms. The van der Waals surface area contributed by atoms with Gasteiger partial charge in [0.05, 0.1) is 7.11 Å². The first-order valence-corrected chi connectivity index (χ1v) is 7.33. The molecule has 0 unspecified atom stereocenters. The van der Waals surface area contributed by atoms with Gasteiger partial charge in [-0.1, -0.05) is 25.6 Å². The van der Waals surface area contributed by atoms with E-state index in [-0.39, 0.29) is 0 Å². The Morgan fingerprint density at radius 3 is 2.35 bits per heavy atom. The first kappa shape index (κ1) is 14.6. The second-order valence-electron chi connectivity index (χ2n) is 4.95. The van der Waals surface area contributed by atoms with Crippen LogP contribution in [0.2, 0.25) is 0 Å². The number of nitrogen functional groups attached to an aromatic ring is 2. The molecular formula is C16H20N2OS. The lowest BCUT2D eigenvalue weighted by atomic mass is 10.0. The summed E-state index contributed by atoms with van der Waals surface area (Å²) in [5.74, 6) is 1.21.